The molecular formula is C14H25N5O. The molecule has 2 rings (SSSR count). The lowest BCUT2D eigenvalue weighted by molar-refractivity contribution is -0.124. The zero-order valence-electron chi connectivity index (χ0n) is 12.8. The SMILES string of the molecule is Cn1ccnc1C1CNCCN1CC(=O)NC(C)(C)C. The Balaban J connectivity index is 2.04. The van der Waals surface area contributed by atoms with Crippen molar-refractivity contribution in [3.8, 4) is 0 Å². The standard InChI is InChI=1S/C14H25N5O/c1-14(2,3)17-12(20)10-19-8-5-15-9-11(19)13-16-6-7-18(13)4/h6-7,11,15H,5,8-10H2,1-4H3,(H,17,20). The highest BCUT2D eigenvalue weighted by Gasteiger charge is 2.28. The number of aryl methyl sites for hydroxylation is 1. The molecule has 1 saturated heterocycles. The van der Waals surface area contributed by atoms with Crippen molar-refractivity contribution in [3.63, 3.8) is 0 Å². The number of hydrogen-bond acceptors (Lipinski definition) is 4. The van der Waals surface area contributed by atoms with E-state index in [1.165, 1.54) is 0 Å². The van der Waals surface area contributed by atoms with Crippen LogP contribution >= 0.6 is 0 Å². The third kappa shape index (κ3) is 3.80. The van der Waals surface area contributed by atoms with Crippen LogP contribution in [0.4, 0.5) is 0 Å². The molecule has 6 heteroatoms. The predicted octanol–water partition coefficient (Wildman–Crippen LogP) is 0.281. The number of nitrogens with zero attached hydrogens (tertiary/aromatic N) is 3. The molecule has 0 radical (unpaired) electrons. The van der Waals surface area contributed by atoms with E-state index in [9.17, 15) is 4.79 Å². The first-order chi connectivity index (χ1) is 9.37. The van der Waals surface area contributed by atoms with Crippen molar-refractivity contribution < 1.29 is 4.79 Å². The van der Waals surface area contributed by atoms with E-state index >= 15 is 0 Å². The van der Waals surface area contributed by atoms with Crippen molar-refractivity contribution in [1.82, 2.24) is 25.1 Å². The fourth-order valence-corrected chi connectivity index (χ4v) is 2.53. The molecule has 112 valence electrons. The summed E-state index contributed by atoms with van der Waals surface area (Å²) in [7, 11) is 1.99. The van der Waals surface area contributed by atoms with Gasteiger partial charge in [0.05, 0.1) is 12.6 Å². The molecule has 6 nitrogen and oxygen atoms in total. The summed E-state index contributed by atoms with van der Waals surface area (Å²) in [6.07, 6.45) is 3.74. The molecule has 0 saturated carbocycles. The fourth-order valence-electron chi connectivity index (χ4n) is 2.53. The molecule has 1 atom stereocenters. The van der Waals surface area contributed by atoms with E-state index in [1.54, 1.807) is 6.20 Å². The smallest absolute Gasteiger partial charge is 0.234 e. The summed E-state index contributed by atoms with van der Waals surface area (Å²) < 4.78 is 2.02. The minimum absolute atomic E-state index is 0.0682. The quantitative estimate of drug-likeness (QED) is 0.834. The maximum Gasteiger partial charge on any atom is 0.234 e. The topological polar surface area (TPSA) is 62.2 Å². The molecular weight excluding hydrogens is 254 g/mol. The van der Waals surface area contributed by atoms with E-state index in [-0.39, 0.29) is 17.5 Å². The number of nitrogens with one attached hydrogen (secondary N) is 2. The van der Waals surface area contributed by atoms with Gasteiger partial charge in [-0.15, -0.1) is 0 Å². The monoisotopic (exact) mass is 279 g/mol. The highest BCUT2D eigenvalue weighted by Crippen LogP contribution is 2.19. The second-order valence-corrected chi connectivity index (χ2v) is 6.38. The summed E-state index contributed by atoms with van der Waals surface area (Å²) in [6, 6.07) is 0.148. The van der Waals surface area contributed by atoms with E-state index in [1.807, 2.05) is 38.6 Å². The third-order valence-corrected chi connectivity index (χ3v) is 3.37. The fraction of sp³-hybridized carbons (Fsp3) is 0.714. The second kappa shape index (κ2) is 5.93. The Morgan fingerprint density at radius 3 is 2.90 bits per heavy atom. The minimum Gasteiger partial charge on any atom is -0.350 e. The molecule has 2 heterocycles. The summed E-state index contributed by atoms with van der Waals surface area (Å²) in [5.41, 5.74) is -0.191. The van der Waals surface area contributed by atoms with E-state index in [2.05, 4.69) is 20.5 Å². The van der Waals surface area contributed by atoms with Crippen LogP contribution in [0.1, 0.15) is 32.6 Å². The Morgan fingerprint density at radius 1 is 1.55 bits per heavy atom. The number of aromatic nitrogens is 2. The van der Waals surface area contributed by atoms with Crippen LogP contribution in [-0.2, 0) is 11.8 Å². The number of rotatable bonds is 3. The van der Waals surface area contributed by atoms with Gasteiger partial charge in [-0.2, -0.15) is 0 Å². The van der Waals surface area contributed by atoms with Crippen LogP contribution in [0.25, 0.3) is 0 Å². The van der Waals surface area contributed by atoms with Crippen LogP contribution in [0, 0.1) is 0 Å². The zero-order valence-corrected chi connectivity index (χ0v) is 12.8. The van der Waals surface area contributed by atoms with Crippen molar-refractivity contribution in [3.05, 3.63) is 18.2 Å². The lowest BCUT2D eigenvalue weighted by Crippen LogP contribution is -2.52. The van der Waals surface area contributed by atoms with Gasteiger partial charge in [0, 0.05) is 44.6 Å². The number of piperazine rings is 1. The molecule has 0 bridgehead atoms. The maximum absolute atomic E-state index is 12.1. The number of amides is 1. The van der Waals surface area contributed by atoms with Crippen molar-refractivity contribution >= 4 is 5.91 Å². The summed E-state index contributed by atoms with van der Waals surface area (Å²) in [6.45, 7) is 9.00. The molecule has 1 aromatic rings. The molecule has 1 amide bonds. The Labute approximate surface area is 120 Å². The van der Waals surface area contributed by atoms with Crippen molar-refractivity contribution in [1.29, 1.82) is 0 Å². The maximum atomic E-state index is 12.1. The van der Waals surface area contributed by atoms with Gasteiger partial charge < -0.3 is 15.2 Å². The zero-order chi connectivity index (χ0) is 14.8. The van der Waals surface area contributed by atoms with Crippen LogP contribution in [-0.4, -0.2) is 52.1 Å². The molecule has 0 spiro atoms. The summed E-state index contributed by atoms with van der Waals surface area (Å²) in [5, 5.41) is 6.39. The molecule has 2 N–H and O–H groups in total. The van der Waals surface area contributed by atoms with E-state index in [4.69, 9.17) is 0 Å². The van der Waals surface area contributed by atoms with E-state index in [0.29, 0.717) is 6.54 Å². The van der Waals surface area contributed by atoms with Gasteiger partial charge in [-0.1, -0.05) is 0 Å². The minimum atomic E-state index is -0.191. The van der Waals surface area contributed by atoms with Crippen LogP contribution in [0.2, 0.25) is 0 Å². The van der Waals surface area contributed by atoms with E-state index in [0.717, 1.165) is 25.5 Å². The van der Waals surface area contributed by atoms with Crippen LogP contribution < -0.4 is 10.6 Å². The van der Waals surface area contributed by atoms with Gasteiger partial charge in [0.2, 0.25) is 5.91 Å². The highest BCUT2D eigenvalue weighted by molar-refractivity contribution is 5.78. The van der Waals surface area contributed by atoms with Gasteiger partial charge in [-0.05, 0) is 20.8 Å². The Kier molecular flexibility index (Phi) is 4.45. The highest BCUT2D eigenvalue weighted by atomic mass is 16.2. The van der Waals surface area contributed by atoms with Crippen molar-refractivity contribution in [2.75, 3.05) is 26.2 Å². The van der Waals surface area contributed by atoms with Gasteiger partial charge >= 0.3 is 0 Å². The molecule has 1 fully saturated rings. The average molecular weight is 279 g/mol. The Morgan fingerprint density at radius 2 is 2.30 bits per heavy atom. The summed E-state index contributed by atoms with van der Waals surface area (Å²) in [4.78, 5) is 18.7. The lowest BCUT2D eigenvalue weighted by Gasteiger charge is -2.35. The van der Waals surface area contributed by atoms with Gasteiger partial charge in [0.15, 0.2) is 0 Å². The average Bonchev–Trinajstić information content (AvgIpc) is 2.73. The number of hydrogen-bond donors (Lipinski definition) is 2. The third-order valence-electron chi connectivity index (χ3n) is 3.37. The lowest BCUT2D eigenvalue weighted by atomic mass is 10.1. The second-order valence-electron chi connectivity index (χ2n) is 6.38. The van der Waals surface area contributed by atoms with Gasteiger partial charge in [0.1, 0.15) is 5.82 Å². The van der Waals surface area contributed by atoms with Crippen molar-refractivity contribution in [2.24, 2.45) is 7.05 Å². The van der Waals surface area contributed by atoms with Gasteiger partial charge in [-0.3, -0.25) is 9.69 Å². The molecule has 0 aromatic carbocycles. The summed E-state index contributed by atoms with van der Waals surface area (Å²) >= 11 is 0. The normalized spacial score (nSPS) is 20.9. The molecule has 1 aromatic heterocycles. The molecule has 0 aliphatic carbocycles. The van der Waals surface area contributed by atoms with Crippen LogP contribution in [0.5, 0.6) is 0 Å². The van der Waals surface area contributed by atoms with Crippen LogP contribution in [0.15, 0.2) is 12.4 Å². The first-order valence-corrected chi connectivity index (χ1v) is 7.10. The number of carbonyl (C=O) groups is 1. The summed E-state index contributed by atoms with van der Waals surface area (Å²) in [5.74, 6) is 1.07. The molecule has 20 heavy (non-hydrogen) atoms. The van der Waals surface area contributed by atoms with E-state index < -0.39 is 0 Å². The van der Waals surface area contributed by atoms with Crippen molar-refractivity contribution in [2.45, 2.75) is 32.4 Å². The first kappa shape index (κ1) is 15.0. The molecule has 1 aliphatic rings. The number of carbonyl (C=O) groups excluding carboxylic acids is 1. The van der Waals surface area contributed by atoms with Gasteiger partial charge in [0.25, 0.3) is 0 Å². The molecule has 1 unspecified atom stereocenters. The molecule has 1 aliphatic heterocycles. The van der Waals surface area contributed by atoms with Gasteiger partial charge in [-0.25, -0.2) is 4.98 Å². The Bertz CT molecular complexity index is 462. The Hall–Kier alpha value is -1.40. The largest absolute Gasteiger partial charge is 0.350 e. The number of imidazole rings is 1. The van der Waals surface area contributed by atoms with Crippen LogP contribution in [0.3, 0.4) is 0 Å². The predicted molar refractivity (Wildman–Crippen MR) is 78.3 cm³/mol. The first-order valence-electron chi connectivity index (χ1n) is 7.10.